The van der Waals surface area contributed by atoms with E-state index >= 15 is 0 Å². The van der Waals surface area contributed by atoms with Crippen LogP contribution in [0.3, 0.4) is 0 Å². The maximum absolute atomic E-state index is 12.9. The van der Waals surface area contributed by atoms with E-state index in [2.05, 4.69) is 9.97 Å². The number of carbonyl (C=O) groups excluding carboxylic acids is 2. The van der Waals surface area contributed by atoms with Gasteiger partial charge in [0.1, 0.15) is 0 Å². The Hall–Kier alpha value is -2.77. The first-order chi connectivity index (χ1) is 13.7. The van der Waals surface area contributed by atoms with Crippen LogP contribution in [-0.4, -0.2) is 82.5 Å². The van der Waals surface area contributed by atoms with Gasteiger partial charge in [-0.05, 0) is 44.4 Å². The second kappa shape index (κ2) is 8.08. The molecule has 1 aromatic carbocycles. The van der Waals surface area contributed by atoms with E-state index in [1.165, 1.54) is 6.42 Å². The molecule has 0 radical (unpaired) electrons. The summed E-state index contributed by atoms with van der Waals surface area (Å²) in [7, 11) is 0. The normalized spacial score (nSPS) is 17.8. The lowest BCUT2D eigenvalue weighted by Crippen LogP contribution is -2.54. The number of ether oxygens (including phenoxy) is 1. The average molecular weight is 385 g/mol. The number of aromatic amines is 1. The fraction of sp³-hybridized carbons (Fsp3) is 0.550. The highest BCUT2D eigenvalue weighted by Gasteiger charge is 2.28. The number of nitrogens with zero attached hydrogens (tertiary/aromatic N) is 4. The summed E-state index contributed by atoms with van der Waals surface area (Å²) in [4.78, 5) is 38.6. The Morgan fingerprint density at radius 1 is 1.00 bits per heavy atom. The maximum Gasteiger partial charge on any atom is 0.320 e. The number of urea groups is 1. The Kier molecular flexibility index (Phi) is 5.36. The van der Waals surface area contributed by atoms with Crippen molar-refractivity contribution < 1.29 is 14.3 Å². The molecule has 2 aromatic rings. The molecule has 2 aliphatic rings. The summed E-state index contributed by atoms with van der Waals surface area (Å²) in [5.41, 5.74) is 2.18. The van der Waals surface area contributed by atoms with Crippen molar-refractivity contribution in [3.8, 4) is 6.01 Å². The molecule has 4 rings (SSSR count). The molecule has 8 heteroatoms. The summed E-state index contributed by atoms with van der Waals surface area (Å²) in [5.74, 6) is -0.0143. The molecule has 0 saturated carbocycles. The lowest BCUT2D eigenvalue weighted by molar-refractivity contribution is 0.0633. The van der Waals surface area contributed by atoms with Gasteiger partial charge in [0.2, 0.25) is 0 Å². The third-order valence-corrected chi connectivity index (χ3v) is 5.45. The van der Waals surface area contributed by atoms with Gasteiger partial charge in [0.15, 0.2) is 0 Å². The second-order valence-corrected chi connectivity index (χ2v) is 7.32. The van der Waals surface area contributed by atoms with Gasteiger partial charge in [-0.15, -0.1) is 0 Å². The van der Waals surface area contributed by atoms with E-state index in [9.17, 15) is 9.59 Å². The summed E-state index contributed by atoms with van der Waals surface area (Å²) in [6.45, 7) is 6.43. The van der Waals surface area contributed by atoms with Crippen molar-refractivity contribution in [2.45, 2.75) is 26.2 Å². The predicted molar refractivity (Wildman–Crippen MR) is 106 cm³/mol. The predicted octanol–water partition coefficient (Wildman–Crippen LogP) is 2.33. The van der Waals surface area contributed by atoms with Crippen LogP contribution in [0, 0.1) is 0 Å². The topological polar surface area (TPSA) is 81.8 Å². The molecule has 0 aliphatic carbocycles. The zero-order chi connectivity index (χ0) is 19.5. The minimum Gasteiger partial charge on any atom is -0.465 e. The van der Waals surface area contributed by atoms with E-state index in [0.29, 0.717) is 44.4 Å². The first kappa shape index (κ1) is 18.6. The van der Waals surface area contributed by atoms with Crippen molar-refractivity contribution in [3.63, 3.8) is 0 Å². The highest BCUT2D eigenvalue weighted by Crippen LogP contribution is 2.19. The van der Waals surface area contributed by atoms with Gasteiger partial charge in [-0.3, -0.25) is 4.79 Å². The van der Waals surface area contributed by atoms with Gasteiger partial charge in [0, 0.05) is 44.8 Å². The van der Waals surface area contributed by atoms with Crippen LogP contribution < -0.4 is 4.74 Å². The molecular formula is C20H27N5O3. The maximum atomic E-state index is 12.9. The fourth-order valence-electron chi connectivity index (χ4n) is 3.89. The van der Waals surface area contributed by atoms with Crippen LogP contribution in [-0.2, 0) is 0 Å². The molecule has 2 fully saturated rings. The summed E-state index contributed by atoms with van der Waals surface area (Å²) in [6, 6.07) is 6.03. The number of likely N-dealkylation sites (tertiary alicyclic amines) is 1. The summed E-state index contributed by atoms with van der Waals surface area (Å²) in [5, 5.41) is 0. The Morgan fingerprint density at radius 3 is 2.39 bits per heavy atom. The number of aromatic nitrogens is 2. The number of piperazine rings is 1. The minimum atomic E-state index is -0.0143. The van der Waals surface area contributed by atoms with Gasteiger partial charge in [-0.25, -0.2) is 4.79 Å². The lowest BCUT2D eigenvalue weighted by atomic mass is 10.1. The number of piperidine rings is 1. The third kappa shape index (κ3) is 3.76. The number of hydrogen-bond acceptors (Lipinski definition) is 4. The van der Waals surface area contributed by atoms with Crippen molar-refractivity contribution in [1.82, 2.24) is 24.7 Å². The van der Waals surface area contributed by atoms with Crippen molar-refractivity contribution in [3.05, 3.63) is 23.8 Å². The molecular weight excluding hydrogens is 358 g/mol. The van der Waals surface area contributed by atoms with Crippen molar-refractivity contribution in [2.24, 2.45) is 0 Å². The molecule has 8 nitrogen and oxygen atoms in total. The van der Waals surface area contributed by atoms with E-state index in [1.54, 1.807) is 6.07 Å². The number of nitrogens with one attached hydrogen (secondary N) is 1. The Labute approximate surface area is 164 Å². The molecule has 1 N–H and O–H groups in total. The summed E-state index contributed by atoms with van der Waals surface area (Å²) < 4.78 is 5.39. The second-order valence-electron chi connectivity index (χ2n) is 7.32. The van der Waals surface area contributed by atoms with E-state index in [4.69, 9.17) is 4.74 Å². The highest BCUT2D eigenvalue weighted by molar-refractivity contribution is 5.97. The van der Waals surface area contributed by atoms with Crippen LogP contribution in [0.2, 0.25) is 0 Å². The first-order valence-electron chi connectivity index (χ1n) is 10.1. The number of imidazole rings is 1. The molecule has 150 valence electrons. The molecule has 0 atom stereocenters. The zero-order valence-electron chi connectivity index (χ0n) is 16.3. The molecule has 2 saturated heterocycles. The SMILES string of the molecule is CCOc1nc2ccc(C(=O)N3CCN(C(=O)N4CCCCC4)CC3)cc2[nH]1. The highest BCUT2D eigenvalue weighted by atomic mass is 16.5. The number of hydrogen-bond donors (Lipinski definition) is 1. The largest absolute Gasteiger partial charge is 0.465 e. The van der Waals surface area contributed by atoms with Crippen LogP contribution in [0.4, 0.5) is 4.79 Å². The smallest absolute Gasteiger partial charge is 0.320 e. The third-order valence-electron chi connectivity index (χ3n) is 5.45. The molecule has 3 amide bonds. The number of carbonyl (C=O) groups is 2. The van der Waals surface area contributed by atoms with Gasteiger partial charge in [-0.1, -0.05) is 0 Å². The Morgan fingerprint density at radius 2 is 1.68 bits per heavy atom. The molecule has 3 heterocycles. The molecule has 2 aliphatic heterocycles. The summed E-state index contributed by atoms with van der Waals surface area (Å²) >= 11 is 0. The molecule has 0 bridgehead atoms. The first-order valence-corrected chi connectivity index (χ1v) is 10.1. The number of fused-ring (bicyclic) bond motifs is 1. The molecule has 28 heavy (non-hydrogen) atoms. The van der Waals surface area contributed by atoms with Gasteiger partial charge in [0.25, 0.3) is 11.9 Å². The lowest BCUT2D eigenvalue weighted by Gasteiger charge is -2.38. The van der Waals surface area contributed by atoms with E-state index < -0.39 is 0 Å². The molecule has 0 spiro atoms. The minimum absolute atomic E-state index is 0.0143. The average Bonchev–Trinajstić information content (AvgIpc) is 3.15. The van der Waals surface area contributed by atoms with Crippen molar-refractivity contribution in [1.29, 1.82) is 0 Å². The number of rotatable bonds is 3. The molecule has 0 unspecified atom stereocenters. The van der Waals surface area contributed by atoms with Gasteiger partial charge < -0.3 is 24.4 Å². The summed E-state index contributed by atoms with van der Waals surface area (Å²) in [6.07, 6.45) is 3.38. The van der Waals surface area contributed by atoms with Crippen LogP contribution in [0.15, 0.2) is 18.2 Å². The Bertz CT molecular complexity index is 851. The van der Waals surface area contributed by atoms with Gasteiger partial charge in [0.05, 0.1) is 17.6 Å². The van der Waals surface area contributed by atoms with Crippen molar-refractivity contribution >= 4 is 23.0 Å². The van der Waals surface area contributed by atoms with Crippen LogP contribution in [0.25, 0.3) is 11.0 Å². The number of H-pyrrole nitrogens is 1. The van der Waals surface area contributed by atoms with Crippen LogP contribution in [0.5, 0.6) is 6.01 Å². The monoisotopic (exact) mass is 385 g/mol. The van der Waals surface area contributed by atoms with Gasteiger partial charge in [-0.2, -0.15) is 4.98 Å². The van der Waals surface area contributed by atoms with Crippen LogP contribution >= 0.6 is 0 Å². The zero-order valence-corrected chi connectivity index (χ0v) is 16.3. The van der Waals surface area contributed by atoms with Crippen molar-refractivity contribution in [2.75, 3.05) is 45.9 Å². The number of benzene rings is 1. The molecule has 1 aromatic heterocycles. The fourth-order valence-corrected chi connectivity index (χ4v) is 3.89. The van der Waals surface area contributed by atoms with Gasteiger partial charge >= 0.3 is 6.03 Å². The Balaban J connectivity index is 1.38. The standard InChI is InChI=1S/C20H27N5O3/c1-2-28-19-21-16-7-6-15(14-17(16)22-19)18(26)23-10-12-25(13-11-23)20(27)24-8-4-3-5-9-24/h6-7,14H,2-5,8-13H2,1H3,(H,21,22). The van der Waals surface area contributed by atoms with Crippen LogP contribution in [0.1, 0.15) is 36.5 Å². The quantitative estimate of drug-likeness (QED) is 0.879. The van der Waals surface area contributed by atoms with E-state index in [0.717, 1.165) is 37.0 Å². The van der Waals surface area contributed by atoms with E-state index in [-0.39, 0.29) is 11.9 Å². The number of amides is 3. The van der Waals surface area contributed by atoms with E-state index in [1.807, 2.05) is 33.8 Å².